The lowest BCUT2D eigenvalue weighted by atomic mass is 9.88. The minimum atomic E-state index is -0.213. The fraction of sp³-hybridized carbons (Fsp3) is 0.750. The zero-order valence-corrected chi connectivity index (χ0v) is 13.6. The molecule has 0 unspecified atom stereocenters. The monoisotopic (exact) mass is 309 g/mol. The first-order chi connectivity index (χ1) is 10.7. The number of aromatic nitrogens is 1. The number of carbonyl (C=O) groups is 1. The largest absolute Gasteiger partial charge is 0.376 e. The van der Waals surface area contributed by atoms with E-state index in [2.05, 4.69) is 22.7 Å². The molecule has 2 amide bonds. The molecule has 2 N–H and O–H groups in total. The summed E-state index contributed by atoms with van der Waals surface area (Å²) in [5.74, 6) is 1.29. The fourth-order valence-electron chi connectivity index (χ4n) is 2.74. The van der Waals surface area contributed by atoms with Crippen molar-refractivity contribution in [2.24, 2.45) is 5.92 Å². The second-order valence-corrected chi connectivity index (χ2v) is 5.92. The number of nitrogens with zero attached hydrogens (tertiary/aromatic N) is 1. The summed E-state index contributed by atoms with van der Waals surface area (Å²) in [6.45, 7) is 5.68. The molecule has 1 aliphatic rings. The van der Waals surface area contributed by atoms with Crippen molar-refractivity contribution in [3.05, 3.63) is 17.5 Å². The zero-order chi connectivity index (χ0) is 15.8. The smallest absolute Gasteiger partial charge is 0.315 e. The van der Waals surface area contributed by atoms with Gasteiger partial charge in [0.2, 0.25) is 0 Å². The van der Waals surface area contributed by atoms with Crippen LogP contribution >= 0.6 is 0 Å². The maximum absolute atomic E-state index is 11.7. The Morgan fingerprint density at radius 3 is 2.95 bits per heavy atom. The average molecular weight is 309 g/mol. The first-order valence-corrected chi connectivity index (χ1v) is 8.26. The molecule has 1 fully saturated rings. The molecule has 0 aliphatic heterocycles. The van der Waals surface area contributed by atoms with Crippen molar-refractivity contribution >= 4 is 6.03 Å². The van der Waals surface area contributed by atoms with Crippen LogP contribution in [0.3, 0.4) is 0 Å². The van der Waals surface area contributed by atoms with E-state index in [4.69, 9.17) is 9.26 Å². The summed E-state index contributed by atoms with van der Waals surface area (Å²) in [6, 6.07) is 1.64. The highest BCUT2D eigenvalue weighted by Gasteiger charge is 2.21. The highest BCUT2D eigenvalue weighted by atomic mass is 16.5. The van der Waals surface area contributed by atoms with Crippen molar-refractivity contribution in [2.45, 2.75) is 58.6 Å². The Morgan fingerprint density at radius 1 is 1.41 bits per heavy atom. The van der Waals surface area contributed by atoms with Crippen molar-refractivity contribution in [1.29, 1.82) is 0 Å². The van der Waals surface area contributed by atoms with Crippen molar-refractivity contribution < 1.29 is 14.1 Å². The van der Waals surface area contributed by atoms with Crippen LogP contribution in [0, 0.1) is 5.92 Å². The summed E-state index contributed by atoms with van der Waals surface area (Å²) < 4.78 is 11.0. The third kappa shape index (κ3) is 5.33. The second kappa shape index (κ2) is 8.78. The number of hydrogen-bond donors (Lipinski definition) is 2. The van der Waals surface area contributed by atoms with E-state index in [0.717, 1.165) is 18.5 Å². The Morgan fingerprint density at radius 2 is 2.23 bits per heavy atom. The third-order valence-electron chi connectivity index (χ3n) is 4.15. The summed E-state index contributed by atoms with van der Waals surface area (Å²) in [5.41, 5.74) is 0.896. The second-order valence-electron chi connectivity index (χ2n) is 5.92. The van der Waals surface area contributed by atoms with E-state index < -0.39 is 0 Å². The van der Waals surface area contributed by atoms with Crippen molar-refractivity contribution in [1.82, 2.24) is 15.8 Å². The van der Waals surface area contributed by atoms with Crippen LogP contribution in [0.2, 0.25) is 0 Å². The van der Waals surface area contributed by atoms with Gasteiger partial charge in [-0.1, -0.05) is 31.8 Å². The van der Waals surface area contributed by atoms with E-state index in [-0.39, 0.29) is 6.03 Å². The number of amides is 2. The topological polar surface area (TPSA) is 76.4 Å². The molecule has 1 aromatic heterocycles. The van der Waals surface area contributed by atoms with Gasteiger partial charge in [0.25, 0.3) is 0 Å². The predicted molar refractivity (Wildman–Crippen MR) is 83.5 cm³/mol. The van der Waals surface area contributed by atoms with E-state index in [1.54, 1.807) is 0 Å². The minimum Gasteiger partial charge on any atom is -0.376 e. The van der Waals surface area contributed by atoms with Gasteiger partial charge >= 0.3 is 6.03 Å². The molecule has 22 heavy (non-hydrogen) atoms. The first-order valence-electron chi connectivity index (χ1n) is 8.26. The van der Waals surface area contributed by atoms with Crippen LogP contribution < -0.4 is 10.6 Å². The molecule has 1 heterocycles. The molecular weight excluding hydrogens is 282 g/mol. The van der Waals surface area contributed by atoms with Gasteiger partial charge in [-0.05, 0) is 25.2 Å². The molecule has 2 rings (SSSR count). The van der Waals surface area contributed by atoms with Gasteiger partial charge in [0.05, 0.1) is 24.9 Å². The highest BCUT2D eigenvalue weighted by molar-refractivity contribution is 5.73. The number of nitrogens with one attached hydrogen (secondary N) is 2. The lowest BCUT2D eigenvalue weighted by Crippen LogP contribution is -2.38. The molecule has 0 bridgehead atoms. The number of aryl methyl sites for hydroxylation is 1. The molecule has 0 saturated heterocycles. The molecule has 6 heteroatoms. The van der Waals surface area contributed by atoms with Gasteiger partial charge in [0, 0.05) is 12.6 Å². The predicted octanol–water partition coefficient (Wildman–Crippen LogP) is 2.63. The fourth-order valence-corrected chi connectivity index (χ4v) is 2.74. The van der Waals surface area contributed by atoms with E-state index in [1.165, 1.54) is 19.3 Å². The quantitative estimate of drug-likeness (QED) is 0.759. The van der Waals surface area contributed by atoms with Gasteiger partial charge in [-0.3, -0.25) is 0 Å². The number of ether oxygens (including phenoxy) is 1. The van der Waals surface area contributed by atoms with E-state index in [1.807, 2.05) is 13.0 Å². The Kier molecular flexibility index (Phi) is 6.71. The molecule has 1 aromatic rings. The number of hydrogen-bond acceptors (Lipinski definition) is 4. The van der Waals surface area contributed by atoms with Gasteiger partial charge < -0.3 is 19.9 Å². The maximum Gasteiger partial charge on any atom is 0.315 e. The maximum atomic E-state index is 11.7. The van der Waals surface area contributed by atoms with Crippen LogP contribution in [0.4, 0.5) is 4.79 Å². The summed E-state index contributed by atoms with van der Waals surface area (Å²) in [4.78, 5) is 11.7. The standard InChI is InChI=1S/C16H27N3O3/c1-3-13-10-14(22-19-13)11-18-16(20)17-8-9-21-15-7-5-4-6-12(15)2/h10,12,15H,3-9,11H2,1-2H3,(H2,17,18,20)/t12-,15+/m1/s1. The minimum absolute atomic E-state index is 0.213. The summed E-state index contributed by atoms with van der Waals surface area (Å²) in [5, 5.41) is 9.42. The molecule has 1 aliphatic carbocycles. The van der Waals surface area contributed by atoms with Gasteiger partial charge in [-0.15, -0.1) is 0 Å². The lowest BCUT2D eigenvalue weighted by molar-refractivity contribution is -0.00243. The third-order valence-corrected chi connectivity index (χ3v) is 4.15. The Bertz CT molecular complexity index is 461. The van der Waals surface area contributed by atoms with Crippen LogP contribution in [0.1, 0.15) is 51.0 Å². The molecule has 0 spiro atoms. The Balaban J connectivity index is 1.55. The van der Waals surface area contributed by atoms with Crippen LogP contribution in [0.15, 0.2) is 10.6 Å². The molecule has 0 aromatic carbocycles. The molecule has 6 nitrogen and oxygen atoms in total. The van der Waals surface area contributed by atoms with Crippen LogP contribution in [0.5, 0.6) is 0 Å². The molecule has 0 radical (unpaired) electrons. The van der Waals surface area contributed by atoms with Gasteiger partial charge in [0.15, 0.2) is 5.76 Å². The Labute approximate surface area is 132 Å². The zero-order valence-electron chi connectivity index (χ0n) is 13.6. The van der Waals surface area contributed by atoms with E-state index in [9.17, 15) is 4.79 Å². The van der Waals surface area contributed by atoms with Crippen molar-refractivity contribution in [2.75, 3.05) is 13.2 Å². The van der Waals surface area contributed by atoms with Gasteiger partial charge in [-0.2, -0.15) is 0 Å². The SMILES string of the molecule is CCc1cc(CNC(=O)NCCO[C@H]2CCCC[C@H]2C)on1. The van der Waals surface area contributed by atoms with Gasteiger partial charge in [0.1, 0.15) is 0 Å². The Hall–Kier alpha value is -1.56. The number of urea groups is 1. The molecule has 124 valence electrons. The van der Waals surface area contributed by atoms with E-state index in [0.29, 0.717) is 37.5 Å². The lowest BCUT2D eigenvalue weighted by Gasteiger charge is -2.28. The molecule has 2 atom stereocenters. The molecular formula is C16H27N3O3. The highest BCUT2D eigenvalue weighted by Crippen LogP contribution is 2.25. The summed E-state index contributed by atoms with van der Waals surface area (Å²) in [7, 11) is 0. The van der Waals surface area contributed by atoms with Crippen LogP contribution in [-0.2, 0) is 17.7 Å². The van der Waals surface area contributed by atoms with Crippen molar-refractivity contribution in [3.63, 3.8) is 0 Å². The normalized spacial score (nSPS) is 21.5. The first kappa shape index (κ1) is 16.8. The van der Waals surface area contributed by atoms with E-state index >= 15 is 0 Å². The number of rotatable bonds is 7. The summed E-state index contributed by atoms with van der Waals surface area (Å²) in [6.07, 6.45) is 6.12. The van der Waals surface area contributed by atoms with Crippen LogP contribution in [0.25, 0.3) is 0 Å². The van der Waals surface area contributed by atoms with Crippen molar-refractivity contribution in [3.8, 4) is 0 Å². The van der Waals surface area contributed by atoms with Gasteiger partial charge in [-0.25, -0.2) is 4.79 Å². The number of carbonyl (C=O) groups excluding carboxylic acids is 1. The molecule has 1 saturated carbocycles. The summed E-state index contributed by atoms with van der Waals surface area (Å²) >= 11 is 0. The average Bonchev–Trinajstić information content (AvgIpc) is 2.99. The van der Waals surface area contributed by atoms with Crippen LogP contribution in [-0.4, -0.2) is 30.4 Å².